The minimum absolute atomic E-state index is 0.334. The monoisotopic (exact) mass is 299 g/mol. The lowest BCUT2D eigenvalue weighted by molar-refractivity contribution is 0.193. The van der Waals surface area contributed by atoms with E-state index in [4.69, 9.17) is 14.8 Å². The molecule has 1 atom stereocenters. The molecule has 0 aromatic carbocycles. The maximum Gasteiger partial charge on any atom is 0.156 e. The third kappa shape index (κ3) is 2.76. The second-order valence-corrected chi connectivity index (χ2v) is 6.05. The number of hydrogen-bond donors (Lipinski definition) is 0. The summed E-state index contributed by atoms with van der Waals surface area (Å²) in [4.78, 5) is 11.4. The predicted octanol–water partition coefficient (Wildman–Crippen LogP) is 1.76. The van der Waals surface area contributed by atoms with Crippen LogP contribution < -0.4 is 0 Å². The van der Waals surface area contributed by atoms with E-state index in [9.17, 15) is 0 Å². The Balaban J connectivity index is 1.66. The quantitative estimate of drug-likeness (QED) is 0.861. The van der Waals surface area contributed by atoms with Gasteiger partial charge in [0.1, 0.15) is 5.82 Å². The summed E-state index contributed by atoms with van der Waals surface area (Å²) < 4.78 is 7.47. The van der Waals surface area contributed by atoms with E-state index in [1.54, 1.807) is 12.4 Å². The zero-order valence-electron chi connectivity index (χ0n) is 12.7. The van der Waals surface area contributed by atoms with Gasteiger partial charge in [-0.3, -0.25) is 9.88 Å². The van der Waals surface area contributed by atoms with Crippen LogP contribution in [0, 0.1) is 0 Å². The summed E-state index contributed by atoms with van der Waals surface area (Å²) in [6.07, 6.45) is 7.19. The standard InChI is InChI=1S/C16H21N5O/c1-2-9-20(8-1)11-15-18-16(13-5-10-22-12-13)19-21(15)14-3-6-17-7-4-14/h3-4,6-7,13H,1-2,5,8-12H2. The third-order valence-corrected chi connectivity index (χ3v) is 4.46. The maximum atomic E-state index is 5.49. The van der Waals surface area contributed by atoms with E-state index >= 15 is 0 Å². The molecule has 0 saturated carbocycles. The first kappa shape index (κ1) is 13.8. The second kappa shape index (κ2) is 6.14. The van der Waals surface area contributed by atoms with Crippen LogP contribution in [-0.2, 0) is 11.3 Å². The lowest BCUT2D eigenvalue weighted by Gasteiger charge is -2.14. The summed E-state index contributed by atoms with van der Waals surface area (Å²) in [6.45, 7) is 4.73. The van der Waals surface area contributed by atoms with E-state index in [0.29, 0.717) is 5.92 Å². The molecule has 4 rings (SSSR count). The molecule has 2 saturated heterocycles. The molecule has 4 heterocycles. The van der Waals surface area contributed by atoms with Crippen molar-refractivity contribution in [3.05, 3.63) is 36.2 Å². The minimum Gasteiger partial charge on any atom is -0.381 e. The molecule has 0 aliphatic carbocycles. The second-order valence-electron chi connectivity index (χ2n) is 6.05. The molecular formula is C16H21N5O. The first-order chi connectivity index (χ1) is 10.9. The molecule has 116 valence electrons. The largest absolute Gasteiger partial charge is 0.381 e. The van der Waals surface area contributed by atoms with E-state index in [-0.39, 0.29) is 0 Å². The molecule has 0 amide bonds. The van der Waals surface area contributed by atoms with Gasteiger partial charge in [-0.05, 0) is 44.5 Å². The average Bonchev–Trinajstić information content (AvgIpc) is 3.30. The van der Waals surface area contributed by atoms with Crippen molar-refractivity contribution >= 4 is 0 Å². The number of aromatic nitrogens is 4. The van der Waals surface area contributed by atoms with Gasteiger partial charge >= 0.3 is 0 Å². The molecule has 2 aliphatic heterocycles. The van der Waals surface area contributed by atoms with E-state index in [2.05, 4.69) is 9.88 Å². The Hall–Kier alpha value is -1.79. The highest BCUT2D eigenvalue weighted by Crippen LogP contribution is 2.24. The Morgan fingerprint density at radius 3 is 2.73 bits per heavy atom. The molecular weight excluding hydrogens is 278 g/mol. The van der Waals surface area contributed by atoms with Gasteiger partial charge in [-0.2, -0.15) is 5.10 Å². The minimum atomic E-state index is 0.334. The normalized spacial score (nSPS) is 22.5. The fourth-order valence-corrected chi connectivity index (χ4v) is 3.21. The SMILES string of the molecule is c1cc(-n2nc(C3CCOC3)nc2CN2CCCC2)ccn1. The van der Waals surface area contributed by atoms with Crippen LogP contribution in [0.25, 0.3) is 5.69 Å². The molecule has 6 nitrogen and oxygen atoms in total. The lowest BCUT2D eigenvalue weighted by Crippen LogP contribution is -2.21. The average molecular weight is 299 g/mol. The van der Waals surface area contributed by atoms with Crippen molar-refractivity contribution in [2.75, 3.05) is 26.3 Å². The van der Waals surface area contributed by atoms with E-state index in [0.717, 1.165) is 56.6 Å². The highest BCUT2D eigenvalue weighted by Gasteiger charge is 2.25. The first-order valence-corrected chi connectivity index (χ1v) is 8.06. The van der Waals surface area contributed by atoms with Gasteiger partial charge in [-0.15, -0.1) is 0 Å². The summed E-state index contributed by atoms with van der Waals surface area (Å²) in [5.41, 5.74) is 1.03. The van der Waals surface area contributed by atoms with Crippen molar-refractivity contribution in [1.82, 2.24) is 24.6 Å². The van der Waals surface area contributed by atoms with E-state index < -0.39 is 0 Å². The van der Waals surface area contributed by atoms with Gasteiger partial charge in [0.15, 0.2) is 5.82 Å². The molecule has 2 fully saturated rings. The highest BCUT2D eigenvalue weighted by atomic mass is 16.5. The van der Waals surface area contributed by atoms with Crippen molar-refractivity contribution in [2.45, 2.75) is 31.7 Å². The fraction of sp³-hybridized carbons (Fsp3) is 0.562. The van der Waals surface area contributed by atoms with Crippen molar-refractivity contribution in [3.63, 3.8) is 0 Å². The number of ether oxygens (including phenoxy) is 1. The number of pyridine rings is 1. The number of likely N-dealkylation sites (tertiary alicyclic amines) is 1. The van der Waals surface area contributed by atoms with Crippen LogP contribution >= 0.6 is 0 Å². The molecule has 0 radical (unpaired) electrons. The molecule has 2 aliphatic rings. The third-order valence-electron chi connectivity index (χ3n) is 4.46. The number of hydrogen-bond acceptors (Lipinski definition) is 5. The maximum absolute atomic E-state index is 5.49. The number of rotatable bonds is 4. The van der Waals surface area contributed by atoms with Crippen LogP contribution in [0.5, 0.6) is 0 Å². The molecule has 22 heavy (non-hydrogen) atoms. The van der Waals surface area contributed by atoms with Crippen LogP contribution in [0.15, 0.2) is 24.5 Å². The Morgan fingerprint density at radius 1 is 1.18 bits per heavy atom. The molecule has 0 bridgehead atoms. The van der Waals surface area contributed by atoms with Crippen LogP contribution in [0.4, 0.5) is 0 Å². The Labute approximate surface area is 130 Å². The van der Waals surface area contributed by atoms with Crippen molar-refractivity contribution < 1.29 is 4.74 Å². The fourth-order valence-electron chi connectivity index (χ4n) is 3.21. The summed E-state index contributed by atoms with van der Waals surface area (Å²) in [5.74, 6) is 2.28. The van der Waals surface area contributed by atoms with Crippen molar-refractivity contribution in [2.24, 2.45) is 0 Å². The van der Waals surface area contributed by atoms with Crippen molar-refractivity contribution in [3.8, 4) is 5.69 Å². The lowest BCUT2D eigenvalue weighted by atomic mass is 10.1. The number of nitrogens with zero attached hydrogens (tertiary/aromatic N) is 5. The Morgan fingerprint density at radius 2 is 2.00 bits per heavy atom. The van der Waals surface area contributed by atoms with Crippen LogP contribution in [0.2, 0.25) is 0 Å². The zero-order chi connectivity index (χ0) is 14.8. The van der Waals surface area contributed by atoms with Crippen LogP contribution in [0.3, 0.4) is 0 Å². The van der Waals surface area contributed by atoms with Gasteiger partial charge in [0.2, 0.25) is 0 Å². The zero-order valence-corrected chi connectivity index (χ0v) is 12.7. The van der Waals surface area contributed by atoms with Crippen molar-refractivity contribution in [1.29, 1.82) is 0 Å². The highest BCUT2D eigenvalue weighted by molar-refractivity contribution is 5.29. The molecule has 2 aromatic rings. The molecule has 1 unspecified atom stereocenters. The smallest absolute Gasteiger partial charge is 0.156 e. The van der Waals surface area contributed by atoms with Gasteiger partial charge in [-0.1, -0.05) is 0 Å². The van der Waals surface area contributed by atoms with Gasteiger partial charge in [0.25, 0.3) is 0 Å². The first-order valence-electron chi connectivity index (χ1n) is 8.06. The summed E-state index contributed by atoms with van der Waals surface area (Å²) >= 11 is 0. The van der Waals surface area contributed by atoms with E-state index in [1.807, 2.05) is 16.8 Å². The Bertz CT molecular complexity index is 615. The van der Waals surface area contributed by atoms with Gasteiger partial charge in [-0.25, -0.2) is 9.67 Å². The molecule has 0 N–H and O–H groups in total. The summed E-state index contributed by atoms with van der Waals surface area (Å²) in [5, 5.41) is 4.78. The molecule has 2 aromatic heterocycles. The van der Waals surface area contributed by atoms with Crippen LogP contribution in [0.1, 0.15) is 36.8 Å². The molecule has 0 spiro atoms. The van der Waals surface area contributed by atoms with Gasteiger partial charge < -0.3 is 4.74 Å². The topological polar surface area (TPSA) is 56.1 Å². The predicted molar refractivity (Wildman–Crippen MR) is 81.8 cm³/mol. The Kier molecular flexibility index (Phi) is 3.86. The van der Waals surface area contributed by atoms with Gasteiger partial charge in [0.05, 0.1) is 18.8 Å². The van der Waals surface area contributed by atoms with E-state index in [1.165, 1.54) is 12.8 Å². The van der Waals surface area contributed by atoms with Crippen LogP contribution in [-0.4, -0.2) is 51.0 Å². The summed E-state index contributed by atoms with van der Waals surface area (Å²) in [7, 11) is 0. The molecule has 6 heteroatoms. The summed E-state index contributed by atoms with van der Waals surface area (Å²) in [6, 6.07) is 3.97. The van der Waals surface area contributed by atoms with Gasteiger partial charge in [0, 0.05) is 24.9 Å².